The topological polar surface area (TPSA) is 118 Å². The summed E-state index contributed by atoms with van der Waals surface area (Å²) < 4.78 is 10.7. The van der Waals surface area contributed by atoms with E-state index >= 15 is 0 Å². The summed E-state index contributed by atoms with van der Waals surface area (Å²) in [4.78, 5) is 12.0. The predicted molar refractivity (Wildman–Crippen MR) is 112 cm³/mol. The van der Waals surface area contributed by atoms with Crippen LogP contribution in [0.4, 0.5) is 5.69 Å². The van der Waals surface area contributed by atoms with Crippen molar-refractivity contribution in [3.63, 3.8) is 0 Å². The summed E-state index contributed by atoms with van der Waals surface area (Å²) in [5, 5.41) is 20.3. The molecular weight excluding hydrogens is 382 g/mol. The first-order chi connectivity index (χ1) is 13.0. The average Bonchev–Trinajstić information content (AvgIpc) is 2.66. The molecule has 0 fully saturated rings. The second-order valence-corrected chi connectivity index (χ2v) is 5.97. The zero-order valence-corrected chi connectivity index (χ0v) is 16.7. The Morgan fingerprint density at radius 3 is 2.43 bits per heavy atom. The van der Waals surface area contributed by atoms with Crippen molar-refractivity contribution in [1.29, 1.82) is 5.41 Å². The Morgan fingerprint density at radius 2 is 1.89 bits per heavy atom. The van der Waals surface area contributed by atoms with Crippen LogP contribution in [0.5, 0.6) is 5.75 Å². The summed E-state index contributed by atoms with van der Waals surface area (Å²) in [6, 6.07) is 11.3. The third kappa shape index (κ3) is 6.14. The second-order valence-electron chi connectivity index (χ2n) is 5.97. The van der Waals surface area contributed by atoms with E-state index in [2.05, 4.69) is 5.32 Å². The Bertz CT molecular complexity index is 797. The fraction of sp³-hybridized carbons (Fsp3) is 0.300. The van der Waals surface area contributed by atoms with Gasteiger partial charge in [-0.15, -0.1) is 12.4 Å². The maximum absolute atomic E-state index is 12.0. The molecule has 1 atom stereocenters. The highest BCUT2D eigenvalue weighted by Crippen LogP contribution is 2.30. The van der Waals surface area contributed by atoms with Crippen LogP contribution >= 0.6 is 12.4 Å². The number of carboxylic acids is 1. The minimum atomic E-state index is -1.02. The zero-order valence-electron chi connectivity index (χ0n) is 15.9. The molecule has 0 saturated heterocycles. The molecule has 28 heavy (non-hydrogen) atoms. The molecule has 0 aromatic heterocycles. The normalized spacial score (nSPS) is 11.2. The highest BCUT2D eigenvalue weighted by atomic mass is 35.5. The highest BCUT2D eigenvalue weighted by molar-refractivity contribution is 5.95. The van der Waals surface area contributed by atoms with Gasteiger partial charge in [-0.25, -0.2) is 4.79 Å². The van der Waals surface area contributed by atoms with Crippen LogP contribution in [-0.2, 0) is 16.0 Å². The Kier molecular flexibility index (Phi) is 9.27. The first-order valence-corrected chi connectivity index (χ1v) is 8.64. The van der Waals surface area contributed by atoms with E-state index in [0.29, 0.717) is 35.8 Å². The lowest BCUT2D eigenvalue weighted by Gasteiger charge is -2.20. The lowest BCUT2D eigenvalue weighted by atomic mass is 10.0. The lowest BCUT2D eigenvalue weighted by Crippen LogP contribution is -2.22. The molecule has 0 spiro atoms. The molecule has 0 bridgehead atoms. The molecular formula is C20H26ClN3O4. The molecule has 2 aromatic carbocycles. The number of nitrogen functional groups attached to an aromatic ring is 1. The number of anilines is 1. The van der Waals surface area contributed by atoms with Crippen LogP contribution in [0, 0.1) is 5.41 Å². The minimum absolute atomic E-state index is 0. The van der Waals surface area contributed by atoms with Gasteiger partial charge in [0, 0.05) is 23.9 Å². The Balaban J connectivity index is 0.00000392. The number of rotatable bonds is 10. The van der Waals surface area contributed by atoms with E-state index in [1.807, 2.05) is 19.1 Å². The fourth-order valence-electron chi connectivity index (χ4n) is 2.60. The predicted octanol–water partition coefficient (Wildman–Crippen LogP) is 3.22. The summed E-state index contributed by atoms with van der Waals surface area (Å²) >= 11 is 0. The first kappa shape index (κ1) is 23.3. The van der Waals surface area contributed by atoms with Crippen LogP contribution in [-0.4, -0.2) is 37.2 Å². The summed E-state index contributed by atoms with van der Waals surface area (Å²) in [6.45, 7) is 2.75. The van der Waals surface area contributed by atoms with Crippen molar-refractivity contribution in [1.82, 2.24) is 0 Å². The second kappa shape index (κ2) is 11.2. The van der Waals surface area contributed by atoms with Gasteiger partial charge in [-0.05, 0) is 48.4 Å². The van der Waals surface area contributed by atoms with Gasteiger partial charge in [0.2, 0.25) is 0 Å². The number of nitrogens with two attached hydrogens (primary N) is 1. The highest BCUT2D eigenvalue weighted by Gasteiger charge is 2.24. The van der Waals surface area contributed by atoms with E-state index in [9.17, 15) is 9.90 Å². The van der Waals surface area contributed by atoms with Crippen LogP contribution in [0.2, 0.25) is 0 Å². The molecule has 2 rings (SSSR count). The fourth-order valence-corrected chi connectivity index (χ4v) is 2.60. The Morgan fingerprint density at radius 1 is 1.21 bits per heavy atom. The summed E-state index contributed by atoms with van der Waals surface area (Å²) in [5.74, 6) is -0.555. The Hall–Kier alpha value is -2.77. The molecule has 2 aromatic rings. The van der Waals surface area contributed by atoms with Gasteiger partial charge in [-0.2, -0.15) is 0 Å². The molecule has 0 aliphatic rings. The molecule has 0 radical (unpaired) electrons. The molecule has 8 heteroatoms. The van der Waals surface area contributed by atoms with Gasteiger partial charge in [0.1, 0.15) is 18.2 Å². The number of nitrogens with one attached hydrogen (secondary N) is 2. The molecule has 1 unspecified atom stereocenters. The van der Waals surface area contributed by atoms with Crippen LogP contribution in [0.25, 0.3) is 0 Å². The van der Waals surface area contributed by atoms with Crippen LogP contribution < -0.4 is 15.8 Å². The summed E-state index contributed by atoms with van der Waals surface area (Å²) in [7, 11) is 1.58. The van der Waals surface area contributed by atoms with E-state index in [-0.39, 0.29) is 18.2 Å². The standard InChI is InChI=1S/C20H25N3O4.ClH/c1-3-13-4-9-17(27-11-10-26-2)16(12-13)18(20(24)25)23-15-7-5-14(6-8-15)19(21)22;/h4-9,12,18,23H,3,10-11H2,1-2H3,(H3,21,22)(H,24,25);1H. The van der Waals surface area contributed by atoms with Crippen LogP contribution in [0.15, 0.2) is 42.5 Å². The SMILES string of the molecule is CCc1ccc(OCCOC)c(C(Nc2ccc(C(=N)N)cc2)C(=O)O)c1.Cl. The number of carboxylic acid groups (broad SMARTS) is 1. The summed E-state index contributed by atoms with van der Waals surface area (Å²) in [5.41, 5.74) is 8.21. The van der Waals surface area contributed by atoms with Crippen molar-refractivity contribution in [2.45, 2.75) is 19.4 Å². The maximum Gasteiger partial charge on any atom is 0.330 e. The van der Waals surface area contributed by atoms with Crippen molar-refractivity contribution in [3.05, 3.63) is 59.2 Å². The number of ether oxygens (including phenoxy) is 2. The van der Waals surface area contributed by atoms with Gasteiger partial charge < -0.3 is 25.6 Å². The van der Waals surface area contributed by atoms with E-state index < -0.39 is 12.0 Å². The van der Waals surface area contributed by atoms with Gasteiger partial charge in [0.25, 0.3) is 0 Å². The maximum atomic E-state index is 12.0. The molecule has 5 N–H and O–H groups in total. The molecule has 152 valence electrons. The average molecular weight is 408 g/mol. The number of hydrogen-bond acceptors (Lipinski definition) is 5. The molecule has 0 saturated carbocycles. The van der Waals surface area contributed by atoms with Crippen molar-refractivity contribution in [2.24, 2.45) is 5.73 Å². The van der Waals surface area contributed by atoms with Crippen LogP contribution in [0.3, 0.4) is 0 Å². The van der Waals surface area contributed by atoms with E-state index in [1.165, 1.54) is 0 Å². The smallest absolute Gasteiger partial charge is 0.330 e. The third-order valence-electron chi connectivity index (χ3n) is 4.09. The van der Waals surface area contributed by atoms with Gasteiger partial charge in [-0.3, -0.25) is 5.41 Å². The van der Waals surface area contributed by atoms with E-state index in [0.717, 1.165) is 12.0 Å². The monoisotopic (exact) mass is 407 g/mol. The van der Waals surface area contributed by atoms with Gasteiger partial charge in [0.15, 0.2) is 6.04 Å². The largest absolute Gasteiger partial charge is 0.491 e. The lowest BCUT2D eigenvalue weighted by molar-refractivity contribution is -0.138. The van der Waals surface area contributed by atoms with Gasteiger partial charge in [0.05, 0.1) is 6.61 Å². The quantitative estimate of drug-likeness (QED) is 0.273. The number of aliphatic carboxylic acids is 1. The summed E-state index contributed by atoms with van der Waals surface area (Å²) in [6.07, 6.45) is 0.783. The van der Waals surface area contributed by atoms with Crippen LogP contribution in [0.1, 0.15) is 29.7 Å². The van der Waals surface area contributed by atoms with Gasteiger partial charge in [-0.1, -0.05) is 13.0 Å². The number of carbonyl (C=O) groups is 1. The van der Waals surface area contributed by atoms with Crippen molar-refractivity contribution in [2.75, 3.05) is 25.6 Å². The number of amidine groups is 1. The van der Waals surface area contributed by atoms with Gasteiger partial charge >= 0.3 is 5.97 Å². The van der Waals surface area contributed by atoms with E-state index in [4.69, 9.17) is 20.6 Å². The molecule has 0 amide bonds. The molecule has 0 aliphatic heterocycles. The first-order valence-electron chi connectivity index (χ1n) is 8.64. The zero-order chi connectivity index (χ0) is 19.8. The minimum Gasteiger partial charge on any atom is -0.491 e. The molecule has 7 nitrogen and oxygen atoms in total. The number of halogens is 1. The number of methoxy groups -OCH3 is 1. The number of hydrogen-bond donors (Lipinski definition) is 4. The van der Waals surface area contributed by atoms with Crippen molar-refractivity contribution < 1.29 is 19.4 Å². The third-order valence-corrected chi connectivity index (χ3v) is 4.09. The van der Waals surface area contributed by atoms with Crippen molar-refractivity contribution in [3.8, 4) is 5.75 Å². The molecule has 0 aliphatic carbocycles. The van der Waals surface area contributed by atoms with E-state index in [1.54, 1.807) is 37.4 Å². The Labute approximate surface area is 170 Å². The van der Waals surface area contributed by atoms with Crippen molar-refractivity contribution >= 4 is 29.9 Å². The number of benzene rings is 2. The molecule has 0 heterocycles. The number of aryl methyl sites for hydroxylation is 1.